The lowest BCUT2D eigenvalue weighted by Gasteiger charge is -2.37. The van der Waals surface area contributed by atoms with Gasteiger partial charge in [-0.25, -0.2) is 0 Å². The van der Waals surface area contributed by atoms with Crippen LogP contribution in [0.25, 0.3) is 0 Å². The first kappa shape index (κ1) is 12.5. The van der Waals surface area contributed by atoms with E-state index in [1.807, 2.05) is 0 Å². The van der Waals surface area contributed by atoms with Gasteiger partial charge in [-0.05, 0) is 62.2 Å². The molecule has 2 rings (SSSR count). The second-order valence-electron chi connectivity index (χ2n) is 6.63. The average Bonchev–Trinajstić information content (AvgIpc) is 2.67. The van der Waals surface area contributed by atoms with Gasteiger partial charge in [-0.3, -0.25) is 0 Å². The van der Waals surface area contributed by atoms with Crippen molar-refractivity contribution in [1.29, 1.82) is 0 Å². The van der Waals surface area contributed by atoms with E-state index in [0.717, 1.165) is 17.3 Å². The summed E-state index contributed by atoms with van der Waals surface area (Å²) in [5.74, 6) is 2.17. The van der Waals surface area contributed by atoms with Gasteiger partial charge in [-0.1, -0.05) is 39.5 Å². The van der Waals surface area contributed by atoms with Crippen molar-refractivity contribution < 1.29 is 0 Å². The van der Waals surface area contributed by atoms with Crippen LogP contribution < -0.4 is 0 Å². The summed E-state index contributed by atoms with van der Waals surface area (Å²) in [4.78, 5) is 0. The number of rotatable bonds is 4. The predicted octanol–water partition coefficient (Wildman–Crippen LogP) is 5.56. The van der Waals surface area contributed by atoms with Crippen LogP contribution in [-0.2, 0) is 0 Å². The van der Waals surface area contributed by atoms with Crippen LogP contribution in [0.15, 0.2) is 0 Å². The van der Waals surface area contributed by atoms with Crippen LogP contribution in [0.2, 0.25) is 0 Å². The molecule has 2 aliphatic carbocycles. The molecule has 0 nitrogen and oxygen atoms in total. The summed E-state index contributed by atoms with van der Waals surface area (Å²) in [5, 5.41) is 0. The minimum absolute atomic E-state index is 0.823. The van der Waals surface area contributed by atoms with E-state index >= 15 is 0 Å². The monoisotopic (exact) mass is 222 g/mol. The molecule has 0 aliphatic heterocycles. The first-order valence-corrected chi connectivity index (χ1v) is 7.78. The second kappa shape index (κ2) is 5.56. The zero-order valence-corrected chi connectivity index (χ0v) is 11.4. The lowest BCUT2D eigenvalue weighted by Crippen LogP contribution is -2.25. The third kappa shape index (κ3) is 2.81. The summed E-state index contributed by atoms with van der Waals surface area (Å²) in [5.41, 5.74) is 0.823. The van der Waals surface area contributed by atoms with Crippen molar-refractivity contribution in [1.82, 2.24) is 0 Å². The molecule has 0 radical (unpaired) electrons. The fourth-order valence-electron chi connectivity index (χ4n) is 4.42. The average molecular weight is 222 g/mol. The molecule has 0 saturated heterocycles. The highest BCUT2D eigenvalue weighted by atomic mass is 14.5. The van der Waals surface area contributed by atoms with Crippen LogP contribution in [-0.4, -0.2) is 0 Å². The molecule has 0 amide bonds. The zero-order valence-electron chi connectivity index (χ0n) is 11.4. The van der Waals surface area contributed by atoms with Gasteiger partial charge in [0.25, 0.3) is 0 Å². The van der Waals surface area contributed by atoms with Crippen molar-refractivity contribution in [2.75, 3.05) is 0 Å². The quantitative estimate of drug-likeness (QED) is 0.584. The molecule has 94 valence electrons. The van der Waals surface area contributed by atoms with E-state index in [4.69, 9.17) is 0 Å². The van der Waals surface area contributed by atoms with Gasteiger partial charge in [0.15, 0.2) is 0 Å². The maximum atomic E-state index is 2.35. The maximum Gasteiger partial charge on any atom is -0.0295 e. The van der Waals surface area contributed by atoms with E-state index in [1.54, 1.807) is 44.9 Å². The van der Waals surface area contributed by atoms with Gasteiger partial charge in [-0.2, -0.15) is 0 Å². The van der Waals surface area contributed by atoms with Crippen LogP contribution in [0.1, 0.15) is 84.5 Å². The minimum atomic E-state index is 0.823. The smallest absolute Gasteiger partial charge is 0.0295 e. The summed E-state index contributed by atoms with van der Waals surface area (Å²) in [6.07, 6.45) is 16.7. The third-order valence-electron chi connectivity index (χ3n) is 5.36. The highest BCUT2D eigenvalue weighted by molar-refractivity contribution is 4.92. The van der Waals surface area contributed by atoms with Crippen LogP contribution in [0.5, 0.6) is 0 Å². The molecule has 0 heterocycles. The van der Waals surface area contributed by atoms with Crippen LogP contribution in [0.3, 0.4) is 0 Å². The van der Waals surface area contributed by atoms with Gasteiger partial charge in [-0.15, -0.1) is 0 Å². The predicted molar refractivity (Wildman–Crippen MR) is 71.5 cm³/mol. The van der Waals surface area contributed by atoms with E-state index in [1.165, 1.54) is 25.7 Å². The summed E-state index contributed by atoms with van der Waals surface area (Å²) in [6, 6.07) is 0. The van der Waals surface area contributed by atoms with Crippen LogP contribution in [0, 0.1) is 17.3 Å². The molecule has 2 fully saturated rings. The topological polar surface area (TPSA) is 0 Å². The van der Waals surface area contributed by atoms with Gasteiger partial charge in [0, 0.05) is 0 Å². The SMILES string of the molecule is CCCC1CCC2(CC1)CCC(CCC)C2. The molecule has 1 unspecified atom stereocenters. The van der Waals surface area contributed by atoms with Gasteiger partial charge < -0.3 is 0 Å². The Morgan fingerprint density at radius 2 is 1.31 bits per heavy atom. The molecule has 16 heavy (non-hydrogen) atoms. The Morgan fingerprint density at radius 1 is 0.812 bits per heavy atom. The van der Waals surface area contributed by atoms with Gasteiger partial charge in [0.1, 0.15) is 0 Å². The normalized spacial score (nSPS) is 39.4. The van der Waals surface area contributed by atoms with Crippen molar-refractivity contribution in [2.24, 2.45) is 17.3 Å². The Kier molecular flexibility index (Phi) is 4.33. The molecule has 1 spiro atoms. The van der Waals surface area contributed by atoms with Crippen molar-refractivity contribution in [3.05, 3.63) is 0 Å². The van der Waals surface area contributed by atoms with E-state index in [2.05, 4.69) is 13.8 Å². The molecule has 1 atom stereocenters. The van der Waals surface area contributed by atoms with Gasteiger partial charge in [0.05, 0.1) is 0 Å². The van der Waals surface area contributed by atoms with Crippen molar-refractivity contribution >= 4 is 0 Å². The highest BCUT2D eigenvalue weighted by Gasteiger charge is 2.40. The Labute approximate surface area is 102 Å². The molecule has 0 aromatic heterocycles. The zero-order chi connectivity index (χ0) is 11.4. The largest absolute Gasteiger partial charge is 0.0654 e. The van der Waals surface area contributed by atoms with Crippen LogP contribution >= 0.6 is 0 Å². The third-order valence-corrected chi connectivity index (χ3v) is 5.36. The Morgan fingerprint density at radius 3 is 1.88 bits per heavy atom. The van der Waals surface area contributed by atoms with Gasteiger partial charge >= 0.3 is 0 Å². The number of hydrogen-bond donors (Lipinski definition) is 0. The number of hydrogen-bond acceptors (Lipinski definition) is 0. The lowest BCUT2D eigenvalue weighted by atomic mass is 9.68. The van der Waals surface area contributed by atoms with Gasteiger partial charge in [0.2, 0.25) is 0 Å². The first-order chi connectivity index (χ1) is 7.78. The highest BCUT2D eigenvalue weighted by Crippen LogP contribution is 2.53. The van der Waals surface area contributed by atoms with E-state index in [0.29, 0.717) is 0 Å². The Balaban J connectivity index is 1.79. The van der Waals surface area contributed by atoms with Crippen LogP contribution in [0.4, 0.5) is 0 Å². The van der Waals surface area contributed by atoms with E-state index in [9.17, 15) is 0 Å². The molecule has 0 aromatic carbocycles. The Hall–Kier alpha value is 0. The molecule has 0 heteroatoms. The molecular weight excluding hydrogens is 192 g/mol. The maximum absolute atomic E-state index is 2.35. The molecule has 0 aromatic rings. The summed E-state index contributed by atoms with van der Waals surface area (Å²) in [6.45, 7) is 4.69. The molecule has 0 bridgehead atoms. The first-order valence-electron chi connectivity index (χ1n) is 7.78. The lowest BCUT2D eigenvalue weighted by molar-refractivity contribution is 0.143. The Bertz CT molecular complexity index is 198. The van der Waals surface area contributed by atoms with Crippen molar-refractivity contribution in [3.8, 4) is 0 Å². The summed E-state index contributed by atoms with van der Waals surface area (Å²) < 4.78 is 0. The van der Waals surface area contributed by atoms with E-state index < -0.39 is 0 Å². The molecule has 2 saturated carbocycles. The minimum Gasteiger partial charge on any atom is -0.0654 e. The standard InChI is InChI=1S/C16H30/c1-3-5-14-7-10-16(11-8-14)12-9-15(13-16)6-4-2/h14-15H,3-13H2,1-2H3. The molecule has 0 N–H and O–H groups in total. The summed E-state index contributed by atoms with van der Waals surface area (Å²) >= 11 is 0. The van der Waals surface area contributed by atoms with Crippen molar-refractivity contribution in [3.63, 3.8) is 0 Å². The molecular formula is C16H30. The summed E-state index contributed by atoms with van der Waals surface area (Å²) in [7, 11) is 0. The second-order valence-corrected chi connectivity index (χ2v) is 6.63. The molecule has 2 aliphatic rings. The van der Waals surface area contributed by atoms with Crippen molar-refractivity contribution in [2.45, 2.75) is 84.5 Å². The van der Waals surface area contributed by atoms with E-state index in [-0.39, 0.29) is 0 Å². The fourth-order valence-corrected chi connectivity index (χ4v) is 4.42. The fraction of sp³-hybridized carbons (Fsp3) is 1.00.